The van der Waals surface area contributed by atoms with Gasteiger partial charge in [-0.25, -0.2) is 4.98 Å². The minimum Gasteiger partial charge on any atom is -0.481 e. The molecular weight excluding hydrogens is 278 g/mol. The summed E-state index contributed by atoms with van der Waals surface area (Å²) in [6.07, 6.45) is 3.64. The number of hydrogen-bond acceptors (Lipinski definition) is 3. The molecule has 22 heavy (non-hydrogen) atoms. The summed E-state index contributed by atoms with van der Waals surface area (Å²) in [4.78, 5) is 19.4. The van der Waals surface area contributed by atoms with E-state index in [0.29, 0.717) is 0 Å². The molecular formula is C17H17N3O2. The molecule has 1 aromatic carbocycles. The molecule has 0 aliphatic carbocycles. The van der Waals surface area contributed by atoms with Gasteiger partial charge in [0.2, 0.25) is 0 Å². The Bertz CT molecular complexity index is 822. The normalized spacial score (nSPS) is 12.5. The van der Waals surface area contributed by atoms with Crippen molar-refractivity contribution in [3.05, 3.63) is 54.1 Å². The lowest BCUT2D eigenvalue weighted by Crippen LogP contribution is -2.03. The summed E-state index contributed by atoms with van der Waals surface area (Å²) in [5.41, 5.74) is 3.91. The summed E-state index contributed by atoms with van der Waals surface area (Å²) in [6, 6.07) is 9.91. The highest BCUT2D eigenvalue weighted by molar-refractivity contribution is 5.77. The smallest absolute Gasteiger partial charge is 0.303 e. The zero-order valence-electron chi connectivity index (χ0n) is 12.5. The molecule has 5 heteroatoms. The number of imidazole rings is 1. The second-order valence-electron chi connectivity index (χ2n) is 5.45. The molecule has 0 saturated heterocycles. The van der Waals surface area contributed by atoms with Gasteiger partial charge in [0.1, 0.15) is 11.3 Å². The van der Waals surface area contributed by atoms with Gasteiger partial charge in [-0.3, -0.25) is 14.3 Å². The average Bonchev–Trinajstić information content (AvgIpc) is 2.82. The zero-order valence-corrected chi connectivity index (χ0v) is 12.5. The van der Waals surface area contributed by atoms with Gasteiger partial charge in [0.15, 0.2) is 0 Å². The highest BCUT2D eigenvalue weighted by Crippen LogP contribution is 2.24. The Morgan fingerprint density at radius 2 is 2.00 bits per heavy atom. The van der Waals surface area contributed by atoms with Crippen LogP contribution in [0.5, 0.6) is 0 Å². The van der Waals surface area contributed by atoms with Gasteiger partial charge in [-0.2, -0.15) is 0 Å². The van der Waals surface area contributed by atoms with Gasteiger partial charge in [0.05, 0.1) is 18.1 Å². The molecule has 0 spiro atoms. The van der Waals surface area contributed by atoms with Crippen LogP contribution in [0.1, 0.15) is 30.7 Å². The molecule has 0 aliphatic heterocycles. The van der Waals surface area contributed by atoms with Crippen molar-refractivity contribution in [3.8, 4) is 5.69 Å². The van der Waals surface area contributed by atoms with E-state index in [1.165, 1.54) is 0 Å². The molecule has 0 radical (unpaired) electrons. The highest BCUT2D eigenvalue weighted by atomic mass is 16.4. The topological polar surface area (TPSA) is 68.0 Å². The summed E-state index contributed by atoms with van der Waals surface area (Å²) in [6.45, 7) is 3.88. The molecule has 0 amide bonds. The third-order valence-electron chi connectivity index (χ3n) is 3.83. The van der Waals surface area contributed by atoms with Gasteiger partial charge in [-0.15, -0.1) is 0 Å². The molecule has 112 valence electrons. The van der Waals surface area contributed by atoms with Crippen LogP contribution in [0, 0.1) is 6.92 Å². The van der Waals surface area contributed by atoms with Crippen molar-refractivity contribution in [1.82, 2.24) is 14.5 Å². The van der Waals surface area contributed by atoms with Gasteiger partial charge in [0, 0.05) is 11.9 Å². The Balaban J connectivity index is 1.98. The molecule has 0 aliphatic rings. The molecule has 1 atom stereocenters. The molecule has 0 bridgehead atoms. The number of carboxylic acids is 1. The van der Waals surface area contributed by atoms with Crippen molar-refractivity contribution >= 4 is 17.0 Å². The van der Waals surface area contributed by atoms with Crippen LogP contribution in [-0.2, 0) is 4.79 Å². The first-order valence-corrected chi connectivity index (χ1v) is 7.17. The van der Waals surface area contributed by atoms with E-state index in [1.54, 1.807) is 12.4 Å². The van der Waals surface area contributed by atoms with Crippen LogP contribution >= 0.6 is 0 Å². The zero-order chi connectivity index (χ0) is 15.7. The van der Waals surface area contributed by atoms with Crippen LogP contribution < -0.4 is 0 Å². The Labute approximate surface area is 128 Å². The number of carboxylic acid groups (broad SMARTS) is 1. The maximum Gasteiger partial charge on any atom is 0.303 e. The molecule has 2 aromatic heterocycles. The molecule has 3 aromatic rings. The third-order valence-corrected chi connectivity index (χ3v) is 3.83. The number of aryl methyl sites for hydroxylation is 1. The lowest BCUT2D eigenvalue weighted by molar-refractivity contribution is -0.137. The number of pyridine rings is 1. The summed E-state index contributed by atoms with van der Waals surface area (Å²) >= 11 is 0. The number of aromatic nitrogens is 3. The second-order valence-corrected chi connectivity index (χ2v) is 5.45. The first kappa shape index (κ1) is 14.3. The SMILES string of the molecule is Cc1nc2cnccc2n1-c1ccc(C(C)CC(=O)O)cc1. The monoisotopic (exact) mass is 295 g/mol. The van der Waals surface area contributed by atoms with E-state index in [4.69, 9.17) is 5.11 Å². The van der Waals surface area contributed by atoms with Crippen LogP contribution in [0.4, 0.5) is 0 Å². The molecule has 3 rings (SSSR count). The lowest BCUT2D eigenvalue weighted by atomic mass is 9.98. The summed E-state index contributed by atoms with van der Waals surface area (Å²) in [5.74, 6) is 0.117. The van der Waals surface area contributed by atoms with Crippen molar-refractivity contribution in [1.29, 1.82) is 0 Å². The Morgan fingerprint density at radius 3 is 2.68 bits per heavy atom. The van der Waals surface area contributed by atoms with Crippen LogP contribution in [0.25, 0.3) is 16.7 Å². The van der Waals surface area contributed by atoms with E-state index in [0.717, 1.165) is 28.1 Å². The van der Waals surface area contributed by atoms with E-state index in [-0.39, 0.29) is 12.3 Å². The number of carbonyl (C=O) groups is 1. The lowest BCUT2D eigenvalue weighted by Gasteiger charge is -2.11. The molecule has 5 nitrogen and oxygen atoms in total. The van der Waals surface area contributed by atoms with Crippen LogP contribution in [-0.4, -0.2) is 25.6 Å². The summed E-state index contributed by atoms with van der Waals surface area (Å²) < 4.78 is 2.07. The predicted octanol–water partition coefficient (Wildman–Crippen LogP) is 3.31. The fourth-order valence-electron chi connectivity index (χ4n) is 2.71. The fourth-order valence-corrected chi connectivity index (χ4v) is 2.71. The van der Waals surface area contributed by atoms with E-state index < -0.39 is 5.97 Å². The van der Waals surface area contributed by atoms with Crippen molar-refractivity contribution in [2.75, 3.05) is 0 Å². The first-order valence-electron chi connectivity index (χ1n) is 7.17. The quantitative estimate of drug-likeness (QED) is 0.801. The molecule has 1 N–H and O–H groups in total. The number of hydrogen-bond donors (Lipinski definition) is 1. The maximum atomic E-state index is 10.8. The number of aliphatic carboxylic acids is 1. The van der Waals surface area contributed by atoms with E-state index in [1.807, 2.05) is 44.2 Å². The number of fused-ring (bicyclic) bond motifs is 1. The molecule has 2 heterocycles. The van der Waals surface area contributed by atoms with Gasteiger partial charge >= 0.3 is 5.97 Å². The highest BCUT2D eigenvalue weighted by Gasteiger charge is 2.12. The number of rotatable bonds is 4. The van der Waals surface area contributed by atoms with E-state index in [9.17, 15) is 4.79 Å². The summed E-state index contributed by atoms with van der Waals surface area (Å²) in [5, 5.41) is 8.89. The van der Waals surface area contributed by atoms with E-state index in [2.05, 4.69) is 14.5 Å². The van der Waals surface area contributed by atoms with Crippen molar-refractivity contribution in [3.63, 3.8) is 0 Å². The predicted molar refractivity (Wildman–Crippen MR) is 84.3 cm³/mol. The van der Waals surface area contributed by atoms with Crippen LogP contribution in [0.3, 0.4) is 0 Å². The van der Waals surface area contributed by atoms with Crippen molar-refractivity contribution < 1.29 is 9.90 Å². The van der Waals surface area contributed by atoms with Crippen LogP contribution in [0.2, 0.25) is 0 Å². The number of nitrogens with zero attached hydrogens (tertiary/aromatic N) is 3. The van der Waals surface area contributed by atoms with Gasteiger partial charge in [0.25, 0.3) is 0 Å². The Morgan fingerprint density at radius 1 is 1.27 bits per heavy atom. The van der Waals surface area contributed by atoms with Gasteiger partial charge in [-0.1, -0.05) is 19.1 Å². The minimum atomic E-state index is -0.777. The number of benzene rings is 1. The standard InChI is InChI=1S/C17H17N3O2/c1-11(9-17(21)22)13-3-5-14(6-4-13)20-12(2)19-15-10-18-8-7-16(15)20/h3-8,10-11H,9H2,1-2H3,(H,21,22). The van der Waals surface area contributed by atoms with Gasteiger partial charge < -0.3 is 5.11 Å². The minimum absolute atomic E-state index is 0.00335. The maximum absolute atomic E-state index is 10.8. The fraction of sp³-hybridized carbons (Fsp3) is 0.235. The van der Waals surface area contributed by atoms with Crippen molar-refractivity contribution in [2.24, 2.45) is 0 Å². The first-order chi connectivity index (χ1) is 10.6. The second kappa shape index (κ2) is 5.60. The summed E-state index contributed by atoms with van der Waals surface area (Å²) in [7, 11) is 0. The Kier molecular flexibility index (Phi) is 3.63. The Hall–Kier alpha value is -2.69. The molecule has 1 unspecified atom stereocenters. The van der Waals surface area contributed by atoms with Gasteiger partial charge in [-0.05, 0) is 36.6 Å². The molecule has 0 fully saturated rings. The third kappa shape index (κ3) is 2.57. The average molecular weight is 295 g/mol. The van der Waals surface area contributed by atoms with Crippen molar-refractivity contribution in [2.45, 2.75) is 26.2 Å². The largest absolute Gasteiger partial charge is 0.481 e. The van der Waals surface area contributed by atoms with Crippen LogP contribution in [0.15, 0.2) is 42.7 Å². The van der Waals surface area contributed by atoms with E-state index >= 15 is 0 Å². The molecule has 0 saturated carbocycles.